The Morgan fingerprint density at radius 3 is 2.28 bits per heavy atom. The first kappa shape index (κ1) is 35.1. The van der Waals surface area contributed by atoms with Crippen LogP contribution in [0.2, 0.25) is 0 Å². The Labute approximate surface area is 259 Å². The van der Waals surface area contributed by atoms with E-state index in [0.29, 0.717) is 19.4 Å². The number of carbonyl (C=O) groups excluding carboxylic acids is 3. The van der Waals surface area contributed by atoms with Gasteiger partial charge in [-0.05, 0) is 63.9 Å². The zero-order valence-corrected chi connectivity index (χ0v) is 26.9. The molecule has 43 heavy (non-hydrogen) atoms. The molecule has 3 aliphatic rings. The Kier molecular flexibility index (Phi) is 9.70. The zero-order valence-electron chi connectivity index (χ0n) is 26.1. The number of carbonyl (C=O) groups is 3. The van der Waals surface area contributed by atoms with Crippen LogP contribution in [0.4, 0.5) is 0 Å². The van der Waals surface area contributed by atoms with Crippen molar-refractivity contribution < 1.29 is 43.9 Å². The van der Waals surface area contributed by atoms with Crippen LogP contribution in [-0.2, 0) is 30.3 Å². The monoisotopic (exact) mass is 623 g/mol. The molecular weight excluding hydrogens is 578 g/mol. The maximum absolute atomic E-state index is 14.0. The van der Waals surface area contributed by atoms with E-state index in [1.165, 1.54) is 13.0 Å². The third-order valence-electron chi connectivity index (χ3n) is 9.99. The number of aliphatic hydroxyl groups excluding tert-OH is 2. The summed E-state index contributed by atoms with van der Waals surface area (Å²) < 4.78 is 17.4. The predicted molar refractivity (Wildman–Crippen MR) is 161 cm³/mol. The molecule has 0 amide bonds. The van der Waals surface area contributed by atoms with Crippen molar-refractivity contribution >= 4 is 30.1 Å². The fourth-order valence-corrected chi connectivity index (χ4v) is 7.97. The van der Waals surface area contributed by atoms with Crippen molar-refractivity contribution in [2.75, 3.05) is 20.7 Å². The van der Waals surface area contributed by atoms with Gasteiger partial charge in [-0.1, -0.05) is 39.0 Å². The molecule has 0 spiro atoms. The number of rotatable bonds is 7. The Morgan fingerprint density at radius 2 is 1.72 bits per heavy atom. The molecule has 1 heterocycles. The summed E-state index contributed by atoms with van der Waals surface area (Å²) in [5, 5.41) is 35.7. The molecule has 2 aliphatic carbocycles. The highest BCUT2D eigenvalue weighted by Gasteiger charge is 2.81. The van der Waals surface area contributed by atoms with Crippen molar-refractivity contribution in [2.45, 2.75) is 95.5 Å². The van der Waals surface area contributed by atoms with E-state index in [1.807, 2.05) is 32.8 Å². The smallest absolute Gasteiger partial charge is 0.344 e. The van der Waals surface area contributed by atoms with Crippen LogP contribution in [0.25, 0.3) is 0 Å². The molecule has 3 fully saturated rings. The lowest BCUT2D eigenvalue weighted by atomic mass is 9.40. The van der Waals surface area contributed by atoms with Crippen molar-refractivity contribution in [3.8, 4) is 0 Å². The van der Waals surface area contributed by atoms with Gasteiger partial charge >= 0.3 is 11.9 Å². The molecule has 4 rings (SSSR count). The summed E-state index contributed by atoms with van der Waals surface area (Å²) in [6.07, 6.45) is -2.10. The predicted octanol–water partition coefficient (Wildman–Crippen LogP) is 2.84. The van der Waals surface area contributed by atoms with E-state index < -0.39 is 76.2 Å². The van der Waals surface area contributed by atoms with Crippen LogP contribution in [0.1, 0.15) is 69.8 Å². The number of aliphatic hydroxyl groups is 3. The second-order valence-corrected chi connectivity index (χ2v) is 13.8. The summed E-state index contributed by atoms with van der Waals surface area (Å²) in [6.45, 7) is 12.1. The number of ether oxygens (including phenoxy) is 3. The van der Waals surface area contributed by atoms with Gasteiger partial charge in [0.15, 0.2) is 24.1 Å². The number of hydrogen-bond acceptors (Lipinski definition) is 10. The lowest BCUT2D eigenvalue weighted by Crippen LogP contribution is -2.86. The van der Waals surface area contributed by atoms with Crippen molar-refractivity contribution in [3.05, 3.63) is 48.0 Å². The number of halogens is 1. The highest BCUT2D eigenvalue weighted by Crippen LogP contribution is 2.67. The SMILES string of the molecule is C=C[C@@]1(C)CC(=O)[C@]2(O)[C@@]3(C)[C@@H](O)CCC(C)(C)[C@@H]3[C@H](O)[C@H](OC(=O)COC(=O)c3ccc(CN(C)C)cc3)[C@@]2(C)O1.Cl. The highest BCUT2D eigenvalue weighted by molar-refractivity contribution is 5.93. The topological polar surface area (TPSA) is 143 Å². The molecule has 0 bridgehead atoms. The van der Waals surface area contributed by atoms with Crippen LogP contribution in [-0.4, -0.2) is 93.8 Å². The average molecular weight is 624 g/mol. The minimum absolute atomic E-state index is 0. The first-order valence-electron chi connectivity index (χ1n) is 14.4. The van der Waals surface area contributed by atoms with E-state index in [9.17, 15) is 29.7 Å². The van der Waals surface area contributed by atoms with Gasteiger partial charge in [0.2, 0.25) is 0 Å². The van der Waals surface area contributed by atoms with Crippen molar-refractivity contribution in [1.29, 1.82) is 0 Å². The van der Waals surface area contributed by atoms with Crippen LogP contribution >= 0.6 is 12.4 Å². The Bertz CT molecular complexity index is 1250. The van der Waals surface area contributed by atoms with Gasteiger partial charge in [0.25, 0.3) is 0 Å². The molecule has 240 valence electrons. The molecule has 3 N–H and O–H groups in total. The minimum atomic E-state index is -2.33. The lowest BCUT2D eigenvalue weighted by molar-refractivity contribution is -0.370. The summed E-state index contributed by atoms with van der Waals surface area (Å²) in [6, 6.07) is 6.79. The van der Waals surface area contributed by atoms with Crippen LogP contribution in [0.3, 0.4) is 0 Å². The summed E-state index contributed by atoms with van der Waals surface area (Å²) in [7, 11) is 3.87. The summed E-state index contributed by atoms with van der Waals surface area (Å²) in [5.74, 6) is -3.17. The molecule has 8 atom stereocenters. The number of Topliss-reactive ketones (excluding diaryl/α,β-unsaturated/α-hetero) is 1. The Hall–Kier alpha value is -2.34. The molecule has 0 radical (unpaired) electrons. The maximum atomic E-state index is 14.0. The van der Waals surface area contributed by atoms with Gasteiger partial charge in [-0.15, -0.1) is 19.0 Å². The molecule has 1 saturated heterocycles. The molecule has 1 aromatic rings. The number of hydrogen-bond donors (Lipinski definition) is 3. The van der Waals surface area contributed by atoms with E-state index in [0.717, 1.165) is 5.56 Å². The van der Waals surface area contributed by atoms with Gasteiger partial charge in [0.1, 0.15) is 5.60 Å². The Morgan fingerprint density at radius 1 is 1.12 bits per heavy atom. The van der Waals surface area contributed by atoms with Crippen molar-refractivity contribution in [2.24, 2.45) is 16.7 Å². The van der Waals surface area contributed by atoms with Gasteiger partial charge in [0, 0.05) is 24.3 Å². The lowest BCUT2D eigenvalue weighted by Gasteiger charge is -2.71. The molecule has 1 aliphatic heterocycles. The number of nitrogens with zero attached hydrogens (tertiary/aromatic N) is 1. The van der Waals surface area contributed by atoms with Crippen molar-refractivity contribution in [3.63, 3.8) is 0 Å². The average Bonchev–Trinajstić information content (AvgIpc) is 2.90. The zero-order chi connectivity index (χ0) is 31.5. The van der Waals surface area contributed by atoms with Crippen LogP contribution in [0.5, 0.6) is 0 Å². The Balaban J connectivity index is 0.00000506. The maximum Gasteiger partial charge on any atom is 0.344 e. The molecular formula is C32H46ClNO9. The van der Waals surface area contributed by atoms with Gasteiger partial charge < -0.3 is 34.4 Å². The summed E-state index contributed by atoms with van der Waals surface area (Å²) in [5.41, 5.74) is -6.49. The third kappa shape index (κ3) is 5.55. The van der Waals surface area contributed by atoms with E-state index in [2.05, 4.69) is 6.58 Å². The van der Waals surface area contributed by atoms with Gasteiger partial charge in [-0.2, -0.15) is 0 Å². The highest BCUT2D eigenvalue weighted by atomic mass is 35.5. The normalized spacial score (nSPS) is 38.3. The first-order valence-corrected chi connectivity index (χ1v) is 14.4. The quantitative estimate of drug-likeness (QED) is 0.306. The summed E-state index contributed by atoms with van der Waals surface area (Å²) in [4.78, 5) is 41.8. The van der Waals surface area contributed by atoms with Gasteiger partial charge in [0.05, 0.1) is 23.4 Å². The fraction of sp³-hybridized carbons (Fsp3) is 0.656. The molecule has 10 nitrogen and oxygen atoms in total. The van der Waals surface area contributed by atoms with Gasteiger partial charge in [-0.3, -0.25) is 4.79 Å². The number of esters is 2. The second kappa shape index (κ2) is 11.9. The van der Waals surface area contributed by atoms with Gasteiger partial charge in [-0.25, -0.2) is 9.59 Å². The summed E-state index contributed by atoms with van der Waals surface area (Å²) >= 11 is 0. The molecule has 11 heteroatoms. The number of fused-ring (bicyclic) bond motifs is 3. The third-order valence-corrected chi connectivity index (χ3v) is 9.99. The number of ketones is 1. The minimum Gasteiger partial charge on any atom is -0.454 e. The van der Waals surface area contributed by atoms with Crippen LogP contribution in [0.15, 0.2) is 36.9 Å². The molecule has 1 aromatic carbocycles. The number of benzene rings is 1. The van der Waals surface area contributed by atoms with Crippen LogP contribution < -0.4 is 0 Å². The standard InChI is InChI=1S/C32H45NO9.ClH/c1-9-29(4)16-22(35)32(39)30(5)21(34)14-15-28(2,3)25(30)24(37)26(31(32,6)42-29)41-23(36)18-40-27(38)20-12-10-19(11-13-20)17-33(7)8;/h9-13,21,24-26,34,37,39H,1,14-18H2,2-8H3;1H/t21-,24-,25-,26-,29-,30-,31+,32-;/m0./s1. The van der Waals surface area contributed by atoms with Crippen LogP contribution in [0, 0.1) is 16.7 Å². The fourth-order valence-electron chi connectivity index (χ4n) is 7.97. The van der Waals surface area contributed by atoms with Crippen molar-refractivity contribution in [1.82, 2.24) is 4.90 Å². The van der Waals surface area contributed by atoms with E-state index in [-0.39, 0.29) is 24.4 Å². The molecule has 0 unspecified atom stereocenters. The molecule has 0 aromatic heterocycles. The second-order valence-electron chi connectivity index (χ2n) is 13.8. The largest absolute Gasteiger partial charge is 0.454 e. The van der Waals surface area contributed by atoms with E-state index >= 15 is 0 Å². The first-order chi connectivity index (χ1) is 19.4. The molecule has 2 saturated carbocycles. The van der Waals surface area contributed by atoms with E-state index in [4.69, 9.17) is 14.2 Å². The van der Waals surface area contributed by atoms with E-state index in [1.54, 1.807) is 38.1 Å².